The first-order valence-corrected chi connectivity index (χ1v) is 12.3. The number of likely N-dealkylation sites (N-methyl/N-ethyl adjacent to an activating group) is 1. The molecule has 2 atom stereocenters. The fourth-order valence-electron chi connectivity index (χ4n) is 4.64. The Morgan fingerprint density at radius 2 is 1.86 bits per heavy atom. The van der Waals surface area contributed by atoms with Crippen LogP contribution in [0.1, 0.15) is 39.2 Å². The van der Waals surface area contributed by atoms with Gasteiger partial charge in [-0.3, -0.25) is 9.69 Å². The number of carbonyl (C=O) groups is 1. The van der Waals surface area contributed by atoms with E-state index in [9.17, 15) is 26.4 Å². The summed E-state index contributed by atoms with van der Waals surface area (Å²) in [6.45, 7) is 0.559. The lowest BCUT2D eigenvalue weighted by atomic mass is 9.84. The zero-order valence-electron chi connectivity index (χ0n) is 20.2. The molecule has 0 aromatic heterocycles. The highest BCUT2D eigenvalue weighted by molar-refractivity contribution is 7.88. The van der Waals surface area contributed by atoms with Gasteiger partial charge in [-0.15, -0.1) is 0 Å². The van der Waals surface area contributed by atoms with Crippen molar-refractivity contribution < 1.29 is 54.3 Å². The summed E-state index contributed by atoms with van der Waals surface area (Å²) in [4.78, 5) is 14.1. The SMILES string of the molecule is COc1ccc(C(OC)C2c3c(cc4c(c3OC)OCO4)CCN2C)c(C=O)c1OS(=O)(=O)C(F)(F)F. The Morgan fingerprint density at radius 3 is 2.46 bits per heavy atom. The van der Waals surface area contributed by atoms with E-state index in [4.69, 9.17) is 23.7 Å². The molecule has 0 N–H and O–H groups in total. The molecule has 2 aromatic rings. The van der Waals surface area contributed by atoms with E-state index in [1.807, 2.05) is 11.0 Å². The minimum Gasteiger partial charge on any atom is -0.493 e. The normalized spacial score (nSPS) is 18.2. The molecular formula is C23H24F3NO9S. The monoisotopic (exact) mass is 547 g/mol. The van der Waals surface area contributed by atoms with Gasteiger partial charge in [0.1, 0.15) is 6.10 Å². The van der Waals surface area contributed by atoms with Crippen molar-refractivity contribution in [2.75, 3.05) is 41.7 Å². The van der Waals surface area contributed by atoms with Gasteiger partial charge in [-0.2, -0.15) is 21.6 Å². The van der Waals surface area contributed by atoms with Crippen LogP contribution < -0.4 is 23.1 Å². The van der Waals surface area contributed by atoms with Crippen LogP contribution in [0.15, 0.2) is 18.2 Å². The molecule has 4 rings (SSSR count). The van der Waals surface area contributed by atoms with Crippen molar-refractivity contribution in [1.29, 1.82) is 0 Å². The van der Waals surface area contributed by atoms with Crippen LogP contribution in [0.4, 0.5) is 13.2 Å². The van der Waals surface area contributed by atoms with E-state index in [-0.39, 0.29) is 24.4 Å². The Labute approximate surface area is 210 Å². The van der Waals surface area contributed by atoms with Crippen molar-refractivity contribution in [3.05, 3.63) is 40.5 Å². The zero-order chi connectivity index (χ0) is 27.1. The molecule has 2 unspecified atom stereocenters. The number of fused-ring (bicyclic) bond motifs is 2. The van der Waals surface area contributed by atoms with Crippen LogP contribution in [0.25, 0.3) is 0 Å². The molecule has 2 heterocycles. The maximum atomic E-state index is 13.1. The number of carbonyl (C=O) groups excluding carboxylic acids is 1. The van der Waals surface area contributed by atoms with Gasteiger partial charge < -0.3 is 27.9 Å². The lowest BCUT2D eigenvalue weighted by Gasteiger charge is -2.40. The van der Waals surface area contributed by atoms with E-state index in [1.165, 1.54) is 26.4 Å². The van der Waals surface area contributed by atoms with Crippen LogP contribution in [0.2, 0.25) is 0 Å². The fraction of sp³-hybridized carbons (Fsp3) is 0.435. The number of hydrogen-bond acceptors (Lipinski definition) is 10. The van der Waals surface area contributed by atoms with Crippen LogP contribution >= 0.6 is 0 Å². The third-order valence-corrected chi connectivity index (χ3v) is 7.26. The maximum absolute atomic E-state index is 13.1. The summed E-state index contributed by atoms with van der Waals surface area (Å²) in [6, 6.07) is 3.81. The van der Waals surface area contributed by atoms with Crippen LogP contribution in [-0.4, -0.2) is 66.8 Å². The molecule has 0 aliphatic carbocycles. The molecule has 0 fully saturated rings. The Hall–Kier alpha value is -3.23. The minimum atomic E-state index is -6.11. The molecule has 14 heteroatoms. The molecule has 10 nitrogen and oxygen atoms in total. The largest absolute Gasteiger partial charge is 0.534 e. The predicted molar refractivity (Wildman–Crippen MR) is 122 cm³/mol. The Bertz CT molecular complexity index is 1310. The summed E-state index contributed by atoms with van der Waals surface area (Å²) in [5.74, 6) is 0.0134. The van der Waals surface area contributed by atoms with Crippen molar-refractivity contribution in [3.8, 4) is 28.7 Å². The molecule has 0 saturated heterocycles. The molecule has 0 radical (unpaired) electrons. The van der Waals surface area contributed by atoms with Crippen LogP contribution in [0.3, 0.4) is 0 Å². The van der Waals surface area contributed by atoms with Gasteiger partial charge in [0, 0.05) is 19.2 Å². The van der Waals surface area contributed by atoms with E-state index in [2.05, 4.69) is 4.18 Å². The van der Waals surface area contributed by atoms with E-state index < -0.39 is 39.1 Å². The number of ether oxygens (including phenoxy) is 5. The van der Waals surface area contributed by atoms with E-state index >= 15 is 0 Å². The van der Waals surface area contributed by atoms with Gasteiger partial charge >= 0.3 is 15.6 Å². The molecule has 0 saturated carbocycles. The zero-order valence-corrected chi connectivity index (χ0v) is 21.1. The first-order chi connectivity index (χ1) is 17.5. The predicted octanol–water partition coefficient (Wildman–Crippen LogP) is 3.39. The molecule has 0 bridgehead atoms. The van der Waals surface area contributed by atoms with Gasteiger partial charge in [0.2, 0.25) is 12.5 Å². The molecule has 0 amide bonds. The minimum absolute atomic E-state index is 0.00491. The first-order valence-electron chi connectivity index (χ1n) is 10.9. The fourth-order valence-corrected chi connectivity index (χ4v) is 5.13. The highest BCUT2D eigenvalue weighted by atomic mass is 32.2. The summed E-state index contributed by atoms with van der Waals surface area (Å²) in [5, 5.41) is 0. The van der Waals surface area contributed by atoms with Crippen LogP contribution in [0, 0.1) is 0 Å². The Kier molecular flexibility index (Phi) is 7.18. The second-order valence-electron chi connectivity index (χ2n) is 8.25. The third-order valence-electron chi connectivity index (χ3n) is 6.31. The molecule has 37 heavy (non-hydrogen) atoms. The lowest BCUT2D eigenvalue weighted by Crippen LogP contribution is -2.37. The van der Waals surface area contributed by atoms with E-state index in [1.54, 1.807) is 7.05 Å². The number of alkyl halides is 3. The van der Waals surface area contributed by atoms with E-state index in [0.29, 0.717) is 35.8 Å². The second kappa shape index (κ2) is 9.91. The van der Waals surface area contributed by atoms with Gasteiger partial charge in [0.15, 0.2) is 29.3 Å². The lowest BCUT2D eigenvalue weighted by molar-refractivity contribution is -0.0500. The van der Waals surface area contributed by atoms with Gasteiger partial charge in [0.05, 0.1) is 25.8 Å². The summed E-state index contributed by atoms with van der Waals surface area (Å²) in [5.41, 5.74) is -4.59. The number of aldehydes is 1. The quantitative estimate of drug-likeness (QED) is 0.277. The molecule has 0 spiro atoms. The second-order valence-corrected chi connectivity index (χ2v) is 9.79. The Morgan fingerprint density at radius 1 is 1.14 bits per heavy atom. The average Bonchev–Trinajstić information content (AvgIpc) is 3.32. The molecule has 2 aliphatic rings. The summed E-state index contributed by atoms with van der Waals surface area (Å²) < 4.78 is 94.9. The van der Waals surface area contributed by atoms with Gasteiger partial charge in [-0.25, -0.2) is 0 Å². The van der Waals surface area contributed by atoms with Crippen LogP contribution in [0.5, 0.6) is 28.7 Å². The highest BCUT2D eigenvalue weighted by Gasteiger charge is 2.49. The van der Waals surface area contributed by atoms with Gasteiger partial charge in [-0.1, -0.05) is 6.07 Å². The standard InChI is InChI=1S/C23H24F3NO9S/c1-27-8-7-12-9-16-21(35-11-34-16)22(33-4)17(12)18(27)20(32-3)13-5-6-15(31-2)19(14(13)10-28)36-37(29,30)23(24,25)26/h5-6,9-10,18,20H,7-8,11H2,1-4H3. The number of nitrogens with zero attached hydrogens (tertiary/aromatic N) is 1. The van der Waals surface area contributed by atoms with Crippen LogP contribution in [-0.2, 0) is 21.3 Å². The maximum Gasteiger partial charge on any atom is 0.534 e. The van der Waals surface area contributed by atoms with E-state index in [0.717, 1.165) is 12.7 Å². The number of rotatable bonds is 8. The number of hydrogen-bond donors (Lipinski definition) is 0. The molecular weight excluding hydrogens is 523 g/mol. The molecule has 2 aliphatic heterocycles. The van der Waals surface area contributed by atoms with Crippen molar-refractivity contribution in [2.24, 2.45) is 0 Å². The van der Waals surface area contributed by atoms with Crippen molar-refractivity contribution in [1.82, 2.24) is 4.90 Å². The number of halogens is 3. The average molecular weight is 548 g/mol. The number of benzene rings is 2. The van der Waals surface area contributed by atoms with Gasteiger partial charge in [-0.05, 0) is 36.7 Å². The summed E-state index contributed by atoms with van der Waals surface area (Å²) >= 11 is 0. The van der Waals surface area contributed by atoms with Crippen molar-refractivity contribution >= 4 is 16.4 Å². The van der Waals surface area contributed by atoms with Crippen molar-refractivity contribution in [3.63, 3.8) is 0 Å². The summed E-state index contributed by atoms with van der Waals surface area (Å²) in [6.07, 6.45) is -0.167. The first kappa shape index (κ1) is 26.8. The highest BCUT2D eigenvalue weighted by Crippen LogP contribution is 2.53. The Balaban J connectivity index is 1.91. The van der Waals surface area contributed by atoms with Gasteiger partial charge in [0.25, 0.3) is 0 Å². The topological polar surface area (TPSA) is 110 Å². The third kappa shape index (κ3) is 4.53. The molecule has 2 aromatic carbocycles. The number of methoxy groups -OCH3 is 3. The molecule has 202 valence electrons. The van der Waals surface area contributed by atoms with Crippen molar-refractivity contribution in [2.45, 2.75) is 24.1 Å². The smallest absolute Gasteiger partial charge is 0.493 e. The summed E-state index contributed by atoms with van der Waals surface area (Å²) in [7, 11) is -0.382.